The van der Waals surface area contributed by atoms with Crippen LogP contribution in [0, 0.1) is 12.3 Å². The first-order valence-electron chi connectivity index (χ1n) is 5.01. The molecule has 0 saturated carbocycles. The lowest BCUT2D eigenvalue weighted by atomic mass is 10.0. The van der Waals surface area contributed by atoms with Crippen molar-refractivity contribution in [2.45, 2.75) is 19.4 Å². The number of benzene rings is 1. The van der Waals surface area contributed by atoms with Crippen molar-refractivity contribution in [3.8, 4) is 12.3 Å². The first kappa shape index (κ1) is 11.6. The first-order chi connectivity index (χ1) is 7.05. The minimum absolute atomic E-state index is 0.280. The van der Waals surface area contributed by atoms with Crippen molar-refractivity contribution in [3.63, 3.8) is 0 Å². The van der Waals surface area contributed by atoms with Gasteiger partial charge < -0.3 is 0 Å². The summed E-state index contributed by atoms with van der Waals surface area (Å²) in [6.45, 7) is 8.70. The van der Waals surface area contributed by atoms with E-state index in [9.17, 15) is 0 Å². The third-order valence-corrected chi connectivity index (χ3v) is 2.29. The molecule has 0 aliphatic carbocycles. The Morgan fingerprint density at radius 3 is 2.53 bits per heavy atom. The number of hydrogen-bond donors (Lipinski definition) is 1. The van der Waals surface area contributed by atoms with Gasteiger partial charge in [0.05, 0.1) is 5.54 Å². The van der Waals surface area contributed by atoms with Crippen molar-refractivity contribution in [1.82, 2.24) is 5.32 Å². The molecule has 0 spiro atoms. The predicted octanol–water partition coefficient (Wildman–Crippen LogP) is 2.70. The molecule has 78 valence electrons. The molecule has 0 aliphatic rings. The summed E-state index contributed by atoms with van der Waals surface area (Å²) in [6, 6.07) is 10.1. The van der Waals surface area contributed by atoms with E-state index in [2.05, 4.69) is 17.8 Å². The lowest BCUT2D eigenvalue weighted by Crippen LogP contribution is -2.38. The predicted molar refractivity (Wildman–Crippen MR) is 66.4 cm³/mol. The molecule has 1 heteroatoms. The summed E-state index contributed by atoms with van der Waals surface area (Å²) >= 11 is 0. The molecule has 1 aromatic rings. The number of hydrogen-bond acceptors (Lipinski definition) is 1. The maximum absolute atomic E-state index is 5.39. The molecule has 0 bridgehead atoms. The van der Waals surface area contributed by atoms with Crippen molar-refractivity contribution in [2.24, 2.45) is 0 Å². The van der Waals surface area contributed by atoms with E-state index in [4.69, 9.17) is 6.42 Å². The van der Waals surface area contributed by atoms with E-state index >= 15 is 0 Å². The highest BCUT2D eigenvalue weighted by molar-refractivity contribution is 5.64. The van der Waals surface area contributed by atoms with E-state index < -0.39 is 0 Å². The minimum atomic E-state index is -0.280. The van der Waals surface area contributed by atoms with Crippen LogP contribution in [0.15, 0.2) is 36.9 Å². The monoisotopic (exact) mass is 199 g/mol. The van der Waals surface area contributed by atoms with E-state index in [1.165, 1.54) is 0 Å². The second-order valence-electron chi connectivity index (χ2n) is 4.09. The minimum Gasteiger partial charge on any atom is -0.298 e. The molecule has 0 aromatic heterocycles. The van der Waals surface area contributed by atoms with Crippen LogP contribution in [0.5, 0.6) is 0 Å². The van der Waals surface area contributed by atoms with Crippen LogP contribution in [-0.2, 0) is 0 Å². The van der Waals surface area contributed by atoms with Gasteiger partial charge in [-0.1, -0.05) is 42.8 Å². The van der Waals surface area contributed by atoms with Crippen LogP contribution in [-0.4, -0.2) is 12.1 Å². The molecular formula is C14H17N. The fourth-order valence-electron chi connectivity index (χ4n) is 1.15. The van der Waals surface area contributed by atoms with Crippen molar-refractivity contribution in [2.75, 3.05) is 6.54 Å². The highest BCUT2D eigenvalue weighted by Gasteiger charge is 2.12. The molecule has 0 aliphatic heterocycles. The van der Waals surface area contributed by atoms with Crippen molar-refractivity contribution in [1.29, 1.82) is 0 Å². The van der Waals surface area contributed by atoms with Crippen LogP contribution in [0.25, 0.3) is 5.57 Å². The molecule has 0 amide bonds. The zero-order chi connectivity index (χ0) is 11.3. The zero-order valence-electron chi connectivity index (χ0n) is 9.38. The summed E-state index contributed by atoms with van der Waals surface area (Å²) in [4.78, 5) is 0. The molecular weight excluding hydrogens is 182 g/mol. The fourth-order valence-corrected chi connectivity index (χ4v) is 1.15. The van der Waals surface area contributed by atoms with Gasteiger partial charge in [-0.2, -0.15) is 0 Å². The quantitative estimate of drug-likeness (QED) is 0.735. The molecule has 1 aromatic carbocycles. The summed E-state index contributed by atoms with van der Waals surface area (Å²) in [5, 5.41) is 3.27. The molecule has 0 unspecified atom stereocenters. The highest BCUT2D eigenvalue weighted by Crippen LogP contribution is 2.11. The van der Waals surface area contributed by atoms with Gasteiger partial charge in [-0.15, -0.1) is 6.42 Å². The Kier molecular flexibility index (Phi) is 3.71. The van der Waals surface area contributed by atoms with E-state index in [1.54, 1.807) is 0 Å². The Bertz CT molecular complexity index is 368. The molecule has 0 radical (unpaired) electrons. The SMILES string of the molecule is C#CC(C)(C)NCC(=C)c1ccccc1. The van der Waals surface area contributed by atoms with Gasteiger partial charge in [0.25, 0.3) is 0 Å². The zero-order valence-corrected chi connectivity index (χ0v) is 9.38. The number of terminal acetylenes is 1. The third kappa shape index (κ3) is 3.61. The topological polar surface area (TPSA) is 12.0 Å². The van der Waals surface area contributed by atoms with Gasteiger partial charge >= 0.3 is 0 Å². The van der Waals surface area contributed by atoms with E-state index in [0.717, 1.165) is 11.1 Å². The largest absolute Gasteiger partial charge is 0.298 e. The summed E-state index contributed by atoms with van der Waals surface area (Å²) in [6.07, 6.45) is 5.39. The summed E-state index contributed by atoms with van der Waals surface area (Å²) in [7, 11) is 0. The second-order valence-corrected chi connectivity index (χ2v) is 4.09. The second kappa shape index (κ2) is 4.82. The summed E-state index contributed by atoms with van der Waals surface area (Å²) < 4.78 is 0. The van der Waals surface area contributed by atoms with Crippen LogP contribution < -0.4 is 5.32 Å². The lowest BCUT2D eigenvalue weighted by Gasteiger charge is -2.20. The van der Waals surface area contributed by atoms with Gasteiger partial charge in [-0.25, -0.2) is 0 Å². The van der Waals surface area contributed by atoms with Crippen molar-refractivity contribution < 1.29 is 0 Å². The average molecular weight is 199 g/mol. The molecule has 1 rings (SSSR count). The molecule has 1 nitrogen and oxygen atoms in total. The molecule has 0 saturated heterocycles. The first-order valence-corrected chi connectivity index (χ1v) is 5.01. The van der Waals surface area contributed by atoms with E-state index in [-0.39, 0.29) is 5.54 Å². The molecule has 1 N–H and O–H groups in total. The lowest BCUT2D eigenvalue weighted by molar-refractivity contribution is 0.526. The van der Waals surface area contributed by atoms with Gasteiger partial charge in [0, 0.05) is 6.54 Å². The van der Waals surface area contributed by atoms with Gasteiger partial charge in [-0.05, 0) is 25.0 Å². The fraction of sp³-hybridized carbons (Fsp3) is 0.286. The normalized spacial score (nSPS) is 10.7. The van der Waals surface area contributed by atoms with Gasteiger partial charge in [0.2, 0.25) is 0 Å². The molecule has 0 fully saturated rings. The van der Waals surface area contributed by atoms with E-state index in [0.29, 0.717) is 6.54 Å². The summed E-state index contributed by atoms with van der Waals surface area (Å²) in [5.41, 5.74) is 1.93. The Hall–Kier alpha value is -1.52. The Morgan fingerprint density at radius 2 is 2.00 bits per heavy atom. The number of rotatable bonds is 4. The smallest absolute Gasteiger partial charge is 0.0743 e. The van der Waals surface area contributed by atoms with Crippen LogP contribution in [0.1, 0.15) is 19.4 Å². The van der Waals surface area contributed by atoms with Crippen molar-refractivity contribution >= 4 is 5.57 Å². The highest BCUT2D eigenvalue weighted by atomic mass is 14.9. The number of nitrogens with one attached hydrogen (secondary N) is 1. The van der Waals surface area contributed by atoms with Crippen LogP contribution >= 0.6 is 0 Å². The maximum Gasteiger partial charge on any atom is 0.0743 e. The molecule has 15 heavy (non-hydrogen) atoms. The standard InChI is InChI=1S/C14H17N/c1-5-14(3,4)15-11-12(2)13-9-7-6-8-10-13/h1,6-10,15H,2,11H2,3-4H3. The van der Waals surface area contributed by atoms with Crippen LogP contribution in [0.3, 0.4) is 0 Å². The van der Waals surface area contributed by atoms with Gasteiger partial charge in [-0.3, -0.25) is 5.32 Å². The van der Waals surface area contributed by atoms with Crippen molar-refractivity contribution in [3.05, 3.63) is 42.5 Å². The third-order valence-electron chi connectivity index (χ3n) is 2.29. The van der Waals surface area contributed by atoms with Crippen LogP contribution in [0.2, 0.25) is 0 Å². The van der Waals surface area contributed by atoms with Gasteiger partial charge in [0.15, 0.2) is 0 Å². The molecule has 0 heterocycles. The van der Waals surface area contributed by atoms with E-state index in [1.807, 2.05) is 44.2 Å². The summed E-state index contributed by atoms with van der Waals surface area (Å²) in [5.74, 6) is 2.70. The Balaban J connectivity index is 2.56. The van der Waals surface area contributed by atoms with Crippen LogP contribution in [0.4, 0.5) is 0 Å². The Morgan fingerprint density at radius 1 is 1.40 bits per heavy atom. The molecule has 0 atom stereocenters. The maximum atomic E-state index is 5.39. The average Bonchev–Trinajstić information content (AvgIpc) is 2.27. The van der Waals surface area contributed by atoms with Gasteiger partial charge in [0.1, 0.15) is 0 Å². The Labute approximate surface area is 92.2 Å².